The van der Waals surface area contributed by atoms with Crippen LogP contribution in [-0.2, 0) is 21.2 Å². The quantitative estimate of drug-likeness (QED) is 0.597. The SMILES string of the molecule is COC(=O)c1ccc2c(c1)CCN2C(=O)c1cc2c(cc1Cl)N1CCCCCC1=NS2(=O)=O. The van der Waals surface area contributed by atoms with E-state index >= 15 is 0 Å². The molecule has 0 aromatic heterocycles. The van der Waals surface area contributed by atoms with Crippen LogP contribution in [0.25, 0.3) is 0 Å². The van der Waals surface area contributed by atoms with Gasteiger partial charge in [0.2, 0.25) is 0 Å². The van der Waals surface area contributed by atoms with Crippen LogP contribution in [0.1, 0.15) is 52.0 Å². The number of esters is 1. The van der Waals surface area contributed by atoms with Crippen molar-refractivity contribution in [3.63, 3.8) is 0 Å². The van der Waals surface area contributed by atoms with Crippen molar-refractivity contribution in [3.8, 4) is 0 Å². The topological polar surface area (TPSA) is 96.3 Å². The second kappa shape index (κ2) is 8.14. The second-order valence-electron chi connectivity index (χ2n) is 8.29. The van der Waals surface area contributed by atoms with Gasteiger partial charge in [-0.25, -0.2) is 4.79 Å². The molecule has 1 amide bonds. The lowest BCUT2D eigenvalue weighted by Crippen LogP contribution is -2.36. The van der Waals surface area contributed by atoms with Crippen LogP contribution in [0, 0.1) is 0 Å². The number of sulfonamides is 1. The van der Waals surface area contributed by atoms with Gasteiger partial charge in [0.25, 0.3) is 15.9 Å². The van der Waals surface area contributed by atoms with E-state index in [0.717, 1.165) is 24.8 Å². The van der Waals surface area contributed by atoms with Crippen molar-refractivity contribution in [1.29, 1.82) is 0 Å². The Morgan fingerprint density at radius 2 is 1.85 bits per heavy atom. The zero-order valence-corrected chi connectivity index (χ0v) is 19.6. The standard InChI is InChI=1S/C23H22ClN3O5S/c1-32-23(29)15-6-7-18-14(11-15)8-10-27(18)22(28)16-12-20-19(13-17(16)24)26-9-4-2-3-5-21(26)25-33(20,30)31/h6-7,11-13H,2-5,8-10H2,1H3. The fraction of sp³-hybridized carbons (Fsp3) is 0.348. The number of rotatable bonds is 2. The first-order valence-electron chi connectivity index (χ1n) is 10.8. The number of amides is 1. The number of halogens is 1. The van der Waals surface area contributed by atoms with Crippen LogP contribution in [-0.4, -0.2) is 46.3 Å². The molecular formula is C23H22ClN3O5S. The van der Waals surface area contributed by atoms with Gasteiger partial charge in [0.05, 0.1) is 28.9 Å². The number of nitrogens with zero attached hydrogens (tertiary/aromatic N) is 3. The Balaban J connectivity index is 1.53. The van der Waals surface area contributed by atoms with Crippen LogP contribution in [0.5, 0.6) is 0 Å². The molecular weight excluding hydrogens is 466 g/mol. The predicted molar refractivity (Wildman–Crippen MR) is 125 cm³/mol. The first-order valence-corrected chi connectivity index (χ1v) is 12.6. The van der Waals surface area contributed by atoms with E-state index in [1.54, 1.807) is 29.2 Å². The van der Waals surface area contributed by atoms with Crippen LogP contribution in [0.4, 0.5) is 11.4 Å². The fourth-order valence-electron chi connectivity index (χ4n) is 4.66. The zero-order chi connectivity index (χ0) is 23.3. The lowest BCUT2D eigenvalue weighted by atomic mass is 10.1. The van der Waals surface area contributed by atoms with Crippen LogP contribution in [0.2, 0.25) is 5.02 Å². The summed E-state index contributed by atoms with van der Waals surface area (Å²) in [4.78, 5) is 28.7. The molecule has 0 atom stereocenters. The van der Waals surface area contributed by atoms with Gasteiger partial charge in [-0.1, -0.05) is 18.0 Å². The highest BCUT2D eigenvalue weighted by Crippen LogP contribution is 2.39. The van der Waals surface area contributed by atoms with E-state index in [9.17, 15) is 18.0 Å². The third-order valence-electron chi connectivity index (χ3n) is 6.31. The average molecular weight is 488 g/mol. The van der Waals surface area contributed by atoms with Gasteiger partial charge >= 0.3 is 5.97 Å². The van der Waals surface area contributed by atoms with Crippen LogP contribution in [0.15, 0.2) is 39.6 Å². The molecule has 3 heterocycles. The summed E-state index contributed by atoms with van der Waals surface area (Å²) < 4.78 is 34.7. The molecule has 0 saturated carbocycles. The second-order valence-corrected chi connectivity index (χ2v) is 10.3. The van der Waals surface area contributed by atoms with Crippen molar-refractivity contribution in [2.24, 2.45) is 4.40 Å². The largest absolute Gasteiger partial charge is 0.465 e. The van der Waals surface area contributed by atoms with E-state index in [4.69, 9.17) is 16.3 Å². The van der Waals surface area contributed by atoms with Gasteiger partial charge < -0.3 is 14.5 Å². The summed E-state index contributed by atoms with van der Waals surface area (Å²) in [7, 11) is -2.62. The minimum Gasteiger partial charge on any atom is -0.465 e. The van der Waals surface area contributed by atoms with Crippen molar-refractivity contribution < 1.29 is 22.7 Å². The van der Waals surface area contributed by atoms with E-state index in [1.165, 1.54) is 13.2 Å². The molecule has 0 aliphatic carbocycles. The van der Waals surface area contributed by atoms with Crippen molar-refractivity contribution in [1.82, 2.24) is 0 Å². The van der Waals surface area contributed by atoms with Crippen LogP contribution < -0.4 is 9.80 Å². The molecule has 0 spiro atoms. The third kappa shape index (κ3) is 3.69. The number of amidine groups is 1. The van der Waals surface area contributed by atoms with Gasteiger partial charge in [-0.3, -0.25) is 4.79 Å². The van der Waals surface area contributed by atoms with E-state index in [2.05, 4.69) is 4.40 Å². The molecule has 2 aromatic carbocycles. The Kier molecular flexibility index (Phi) is 5.41. The highest BCUT2D eigenvalue weighted by molar-refractivity contribution is 7.90. The molecule has 8 nitrogen and oxygen atoms in total. The van der Waals surface area contributed by atoms with Gasteiger partial charge in [-0.15, -0.1) is 4.40 Å². The first-order chi connectivity index (χ1) is 15.8. The van der Waals surface area contributed by atoms with Crippen molar-refractivity contribution in [2.45, 2.75) is 37.0 Å². The predicted octanol–water partition coefficient (Wildman–Crippen LogP) is 3.81. The Morgan fingerprint density at radius 3 is 2.64 bits per heavy atom. The van der Waals surface area contributed by atoms with Crippen molar-refractivity contribution in [2.75, 3.05) is 30.0 Å². The van der Waals surface area contributed by atoms with Crippen LogP contribution in [0.3, 0.4) is 0 Å². The number of hydrogen-bond donors (Lipinski definition) is 0. The maximum atomic E-state index is 13.4. The summed E-state index contributed by atoms with van der Waals surface area (Å²) in [6.07, 6.45) is 3.97. The Bertz CT molecular complexity index is 1320. The number of benzene rings is 2. The minimum absolute atomic E-state index is 0.00126. The van der Waals surface area contributed by atoms with Gasteiger partial charge in [0.1, 0.15) is 10.7 Å². The Morgan fingerprint density at radius 1 is 1.03 bits per heavy atom. The van der Waals surface area contributed by atoms with Gasteiger partial charge in [-0.2, -0.15) is 8.42 Å². The van der Waals surface area contributed by atoms with Gasteiger partial charge in [0.15, 0.2) is 0 Å². The number of methoxy groups -OCH3 is 1. The molecule has 1 saturated heterocycles. The normalized spacial score (nSPS) is 18.5. The average Bonchev–Trinajstić information content (AvgIpc) is 3.08. The summed E-state index contributed by atoms with van der Waals surface area (Å²) in [5, 5.41) is 0.194. The molecule has 10 heteroatoms. The molecule has 0 radical (unpaired) electrons. The number of fused-ring (bicyclic) bond motifs is 4. The van der Waals surface area contributed by atoms with E-state index in [0.29, 0.717) is 48.7 Å². The lowest BCUT2D eigenvalue weighted by Gasteiger charge is -2.30. The maximum absolute atomic E-state index is 13.4. The summed E-state index contributed by atoms with van der Waals surface area (Å²) in [5.74, 6) is -0.308. The smallest absolute Gasteiger partial charge is 0.337 e. The molecule has 3 aliphatic heterocycles. The van der Waals surface area contributed by atoms with E-state index < -0.39 is 21.9 Å². The molecule has 5 rings (SSSR count). The number of hydrogen-bond acceptors (Lipinski definition) is 6. The summed E-state index contributed by atoms with van der Waals surface area (Å²) in [6.45, 7) is 1.06. The molecule has 0 N–H and O–H groups in total. The Labute approximate surface area is 196 Å². The number of carbonyl (C=O) groups is 2. The Hall–Kier alpha value is -2.91. The highest BCUT2D eigenvalue weighted by Gasteiger charge is 2.35. The molecule has 172 valence electrons. The molecule has 1 fully saturated rings. The van der Waals surface area contributed by atoms with Gasteiger partial charge in [-0.05, 0) is 55.2 Å². The van der Waals surface area contributed by atoms with E-state index in [-0.39, 0.29) is 15.5 Å². The summed E-state index contributed by atoms with van der Waals surface area (Å²) in [5.41, 5.74) is 2.50. The third-order valence-corrected chi connectivity index (χ3v) is 7.95. The maximum Gasteiger partial charge on any atom is 0.337 e. The molecule has 2 aromatic rings. The van der Waals surface area contributed by atoms with Crippen molar-refractivity contribution in [3.05, 3.63) is 52.0 Å². The number of carbonyl (C=O) groups excluding carboxylic acids is 2. The fourth-order valence-corrected chi connectivity index (χ4v) is 6.17. The van der Waals surface area contributed by atoms with E-state index in [1.807, 2.05) is 4.90 Å². The highest BCUT2D eigenvalue weighted by atomic mass is 35.5. The molecule has 0 unspecified atom stereocenters. The molecule has 33 heavy (non-hydrogen) atoms. The summed E-state index contributed by atoms with van der Waals surface area (Å²) >= 11 is 6.54. The molecule has 3 aliphatic rings. The number of anilines is 2. The lowest BCUT2D eigenvalue weighted by molar-refractivity contribution is 0.0600. The zero-order valence-electron chi connectivity index (χ0n) is 18.0. The van der Waals surface area contributed by atoms with Crippen molar-refractivity contribution >= 4 is 50.7 Å². The minimum atomic E-state index is -3.94. The monoisotopic (exact) mass is 487 g/mol. The van der Waals surface area contributed by atoms with Gasteiger partial charge in [0, 0.05) is 25.2 Å². The summed E-state index contributed by atoms with van der Waals surface area (Å²) in [6, 6.07) is 7.93. The molecule has 0 bridgehead atoms. The number of ether oxygens (including phenoxy) is 1. The first kappa shape index (κ1) is 21.9. The van der Waals surface area contributed by atoms with Crippen LogP contribution >= 0.6 is 11.6 Å².